The molecule has 1 aromatic carbocycles. The fourth-order valence-electron chi connectivity index (χ4n) is 3.00. The van der Waals surface area contributed by atoms with E-state index in [1.165, 1.54) is 36.1 Å². The molecule has 1 heterocycles. The molecule has 2 N–H and O–H groups in total. The normalized spacial score (nSPS) is 25.3. The number of hydrogen-bond donors (Lipinski definition) is 1. The van der Waals surface area contributed by atoms with E-state index in [9.17, 15) is 0 Å². The summed E-state index contributed by atoms with van der Waals surface area (Å²) in [5, 5.41) is 0. The lowest BCUT2D eigenvalue weighted by atomic mass is 9.91. The second kappa shape index (κ2) is 5.85. The van der Waals surface area contributed by atoms with Crippen molar-refractivity contribution in [2.24, 2.45) is 11.7 Å². The smallest absolute Gasteiger partial charge is 0.0239 e. The van der Waals surface area contributed by atoms with Gasteiger partial charge < -0.3 is 5.73 Å². The lowest BCUT2D eigenvalue weighted by Crippen LogP contribution is -2.45. The second-order valence-corrected chi connectivity index (χ2v) is 5.92. The number of nitrogens with zero attached hydrogens (tertiary/aromatic N) is 1. The minimum absolute atomic E-state index is 0.564. The van der Waals surface area contributed by atoms with Gasteiger partial charge in [-0.05, 0) is 50.3 Å². The molecule has 1 fully saturated rings. The van der Waals surface area contributed by atoms with Crippen molar-refractivity contribution in [3.63, 3.8) is 0 Å². The van der Waals surface area contributed by atoms with Crippen molar-refractivity contribution >= 4 is 0 Å². The third kappa shape index (κ3) is 3.12. The highest BCUT2D eigenvalue weighted by Gasteiger charge is 2.25. The molecule has 0 aliphatic carbocycles. The molecule has 1 aliphatic heterocycles. The van der Waals surface area contributed by atoms with Crippen molar-refractivity contribution in [2.45, 2.75) is 46.2 Å². The van der Waals surface area contributed by atoms with Gasteiger partial charge in [0.25, 0.3) is 0 Å². The SMILES string of the molecule is Cc1ccc(CN2CCC(C)CC2CN)c(C)c1. The number of hydrogen-bond acceptors (Lipinski definition) is 2. The van der Waals surface area contributed by atoms with Gasteiger partial charge in [0.05, 0.1) is 0 Å². The molecular weight excluding hydrogens is 220 g/mol. The van der Waals surface area contributed by atoms with Crippen LogP contribution in [0, 0.1) is 19.8 Å². The monoisotopic (exact) mass is 246 g/mol. The van der Waals surface area contributed by atoms with Crippen molar-refractivity contribution in [1.29, 1.82) is 0 Å². The third-order valence-corrected chi connectivity index (χ3v) is 4.24. The van der Waals surface area contributed by atoms with E-state index in [0.29, 0.717) is 6.04 Å². The molecule has 2 atom stereocenters. The van der Waals surface area contributed by atoms with Crippen molar-refractivity contribution in [2.75, 3.05) is 13.1 Å². The van der Waals surface area contributed by atoms with Gasteiger partial charge in [0, 0.05) is 19.1 Å². The van der Waals surface area contributed by atoms with Gasteiger partial charge in [0.2, 0.25) is 0 Å². The summed E-state index contributed by atoms with van der Waals surface area (Å²) in [6, 6.07) is 7.33. The number of nitrogens with two attached hydrogens (primary N) is 1. The Kier molecular flexibility index (Phi) is 4.41. The van der Waals surface area contributed by atoms with Crippen molar-refractivity contribution in [3.8, 4) is 0 Å². The van der Waals surface area contributed by atoms with E-state index < -0.39 is 0 Å². The Morgan fingerprint density at radius 3 is 2.78 bits per heavy atom. The highest BCUT2D eigenvalue weighted by atomic mass is 15.2. The summed E-state index contributed by atoms with van der Waals surface area (Å²) in [6.45, 7) is 9.75. The van der Waals surface area contributed by atoms with Crippen LogP contribution < -0.4 is 5.73 Å². The van der Waals surface area contributed by atoms with Crippen LogP contribution in [0.1, 0.15) is 36.5 Å². The van der Waals surface area contributed by atoms with Gasteiger partial charge in [-0.25, -0.2) is 0 Å². The zero-order chi connectivity index (χ0) is 13.1. The molecule has 100 valence electrons. The van der Waals surface area contributed by atoms with Gasteiger partial charge >= 0.3 is 0 Å². The van der Waals surface area contributed by atoms with Crippen LogP contribution in [0.4, 0.5) is 0 Å². The molecule has 2 rings (SSSR count). The second-order valence-electron chi connectivity index (χ2n) is 5.92. The first-order valence-corrected chi connectivity index (χ1v) is 7.10. The van der Waals surface area contributed by atoms with Crippen molar-refractivity contribution < 1.29 is 0 Å². The van der Waals surface area contributed by atoms with Crippen molar-refractivity contribution in [3.05, 3.63) is 34.9 Å². The summed E-state index contributed by atoms with van der Waals surface area (Å²) in [4.78, 5) is 2.57. The average molecular weight is 246 g/mol. The highest BCUT2D eigenvalue weighted by molar-refractivity contribution is 5.30. The lowest BCUT2D eigenvalue weighted by molar-refractivity contribution is 0.115. The Labute approximate surface area is 111 Å². The largest absolute Gasteiger partial charge is 0.329 e. The fourth-order valence-corrected chi connectivity index (χ4v) is 3.00. The first-order valence-electron chi connectivity index (χ1n) is 7.10. The zero-order valence-corrected chi connectivity index (χ0v) is 11.9. The number of rotatable bonds is 3. The minimum Gasteiger partial charge on any atom is -0.329 e. The predicted octanol–water partition coefficient (Wildman–Crippen LogP) is 2.86. The van der Waals surface area contributed by atoms with E-state index in [-0.39, 0.29) is 0 Å². The topological polar surface area (TPSA) is 29.3 Å². The minimum atomic E-state index is 0.564. The number of piperidine rings is 1. The Morgan fingerprint density at radius 2 is 2.11 bits per heavy atom. The van der Waals surface area contributed by atoms with Crippen LogP contribution in [0.25, 0.3) is 0 Å². The highest BCUT2D eigenvalue weighted by Crippen LogP contribution is 2.24. The molecule has 1 saturated heterocycles. The summed E-state index contributed by atoms with van der Waals surface area (Å²) in [5.74, 6) is 0.828. The maximum atomic E-state index is 5.93. The van der Waals surface area contributed by atoms with E-state index in [1.54, 1.807) is 0 Å². The maximum absolute atomic E-state index is 5.93. The Balaban J connectivity index is 2.07. The maximum Gasteiger partial charge on any atom is 0.0239 e. The summed E-state index contributed by atoms with van der Waals surface area (Å²) < 4.78 is 0. The molecule has 2 unspecified atom stereocenters. The summed E-state index contributed by atoms with van der Waals surface area (Å²) in [5.41, 5.74) is 10.1. The Hall–Kier alpha value is -0.860. The molecule has 18 heavy (non-hydrogen) atoms. The molecule has 0 radical (unpaired) electrons. The molecule has 0 spiro atoms. The average Bonchev–Trinajstić information content (AvgIpc) is 2.34. The number of benzene rings is 1. The Bertz CT molecular complexity index is 400. The van der Waals surface area contributed by atoms with Crippen LogP contribution in [-0.4, -0.2) is 24.0 Å². The standard InChI is InChI=1S/C16H26N2/c1-12-4-5-15(14(3)8-12)11-18-7-6-13(2)9-16(18)10-17/h4-5,8,13,16H,6-7,9-11,17H2,1-3H3. The van der Waals surface area contributed by atoms with Gasteiger partial charge in [-0.15, -0.1) is 0 Å². The molecular formula is C16H26N2. The van der Waals surface area contributed by atoms with E-state index in [2.05, 4.69) is 43.9 Å². The van der Waals surface area contributed by atoms with Crippen LogP contribution in [-0.2, 0) is 6.54 Å². The Morgan fingerprint density at radius 1 is 1.33 bits per heavy atom. The molecule has 0 bridgehead atoms. The number of likely N-dealkylation sites (tertiary alicyclic amines) is 1. The van der Waals surface area contributed by atoms with E-state index in [0.717, 1.165) is 19.0 Å². The summed E-state index contributed by atoms with van der Waals surface area (Å²) in [6.07, 6.45) is 2.56. The van der Waals surface area contributed by atoms with E-state index in [4.69, 9.17) is 5.73 Å². The molecule has 2 nitrogen and oxygen atoms in total. The third-order valence-electron chi connectivity index (χ3n) is 4.24. The molecule has 2 heteroatoms. The fraction of sp³-hybridized carbons (Fsp3) is 0.625. The predicted molar refractivity (Wildman–Crippen MR) is 77.6 cm³/mol. The molecule has 1 aliphatic rings. The molecule has 0 amide bonds. The van der Waals surface area contributed by atoms with Gasteiger partial charge in [-0.1, -0.05) is 30.7 Å². The molecule has 0 aromatic heterocycles. The summed E-state index contributed by atoms with van der Waals surface area (Å²) in [7, 11) is 0. The van der Waals surface area contributed by atoms with E-state index >= 15 is 0 Å². The van der Waals surface area contributed by atoms with Crippen LogP contribution in [0.2, 0.25) is 0 Å². The quantitative estimate of drug-likeness (QED) is 0.888. The summed E-state index contributed by atoms with van der Waals surface area (Å²) >= 11 is 0. The van der Waals surface area contributed by atoms with Crippen LogP contribution in [0.15, 0.2) is 18.2 Å². The van der Waals surface area contributed by atoms with Gasteiger partial charge in [-0.3, -0.25) is 4.90 Å². The molecule has 1 aromatic rings. The first kappa shape index (κ1) is 13.6. The van der Waals surface area contributed by atoms with Crippen LogP contribution >= 0.6 is 0 Å². The lowest BCUT2D eigenvalue weighted by Gasteiger charge is -2.38. The van der Waals surface area contributed by atoms with E-state index in [1.807, 2.05) is 0 Å². The number of aryl methyl sites for hydroxylation is 2. The van der Waals surface area contributed by atoms with Crippen LogP contribution in [0.3, 0.4) is 0 Å². The van der Waals surface area contributed by atoms with Gasteiger partial charge in [0.15, 0.2) is 0 Å². The molecule has 0 saturated carbocycles. The van der Waals surface area contributed by atoms with Crippen molar-refractivity contribution in [1.82, 2.24) is 4.90 Å². The first-order chi connectivity index (χ1) is 8.60. The van der Waals surface area contributed by atoms with Gasteiger partial charge in [-0.2, -0.15) is 0 Å². The van der Waals surface area contributed by atoms with Crippen LogP contribution in [0.5, 0.6) is 0 Å². The zero-order valence-electron chi connectivity index (χ0n) is 11.9. The van der Waals surface area contributed by atoms with Gasteiger partial charge in [0.1, 0.15) is 0 Å².